The van der Waals surface area contributed by atoms with E-state index in [9.17, 15) is 0 Å². The second-order valence-electron chi connectivity index (χ2n) is 5.99. The molecular formula is C18H42O12. The van der Waals surface area contributed by atoms with E-state index in [0.29, 0.717) is 25.0 Å². The highest BCUT2D eigenvalue weighted by molar-refractivity contribution is 5.53. The van der Waals surface area contributed by atoms with Crippen LogP contribution in [-0.4, -0.2) is 67.0 Å². The molecular weight excluding hydrogens is 408 g/mol. The molecule has 2 atom stereocenters. The predicted molar refractivity (Wildman–Crippen MR) is 110 cm³/mol. The number of carboxylic acid groups (broad SMARTS) is 4. The molecule has 0 fully saturated rings. The Morgan fingerprint density at radius 1 is 0.667 bits per heavy atom. The first-order valence-electron chi connectivity index (χ1n) is 9.72. The summed E-state index contributed by atoms with van der Waals surface area (Å²) >= 11 is 0. The molecule has 0 radical (unpaired) electrons. The average Bonchev–Trinajstić information content (AvgIpc) is 2.69. The van der Waals surface area contributed by atoms with Crippen LogP contribution in [0.5, 0.6) is 0 Å². The Hall–Kier alpha value is -1.70. The predicted octanol–water partition coefficient (Wildman–Crippen LogP) is 5.85. The third-order valence-electron chi connectivity index (χ3n) is 3.71. The van der Waals surface area contributed by atoms with Crippen LogP contribution in [0.2, 0.25) is 0 Å². The summed E-state index contributed by atoms with van der Waals surface area (Å²) in [6, 6.07) is 0. The van der Waals surface area contributed by atoms with Gasteiger partial charge in [0.25, 0.3) is 0 Å². The lowest BCUT2D eigenvalue weighted by molar-refractivity contribution is -0.251. The van der Waals surface area contributed by atoms with Gasteiger partial charge in [-0.2, -0.15) is 0 Å². The fraction of sp³-hybridized carbons (Fsp3) is 0.889. The van der Waals surface area contributed by atoms with Crippen molar-refractivity contribution in [2.75, 3.05) is 13.2 Å². The molecule has 0 amide bonds. The van der Waals surface area contributed by atoms with Gasteiger partial charge in [0, 0.05) is 0 Å². The van der Waals surface area contributed by atoms with Gasteiger partial charge in [-0.25, -0.2) is 19.4 Å². The van der Waals surface area contributed by atoms with Crippen molar-refractivity contribution in [3.05, 3.63) is 0 Å². The van der Waals surface area contributed by atoms with E-state index >= 15 is 0 Å². The topological polar surface area (TPSA) is 214 Å². The SMILES string of the molecule is CCCCC(CC)COO.CCCCC(CC)COO.O=C(O)O.O=C(O)O.OO. The Morgan fingerprint density at radius 2 is 0.900 bits per heavy atom. The molecule has 0 spiro atoms. The highest BCUT2D eigenvalue weighted by Gasteiger charge is 2.05. The summed E-state index contributed by atoms with van der Waals surface area (Å²) in [6.45, 7) is 9.59. The summed E-state index contributed by atoms with van der Waals surface area (Å²) in [4.78, 5) is 25.3. The van der Waals surface area contributed by atoms with Gasteiger partial charge in [0.1, 0.15) is 0 Å². The van der Waals surface area contributed by atoms with Gasteiger partial charge in [0.15, 0.2) is 0 Å². The highest BCUT2D eigenvalue weighted by atomic mass is 17.1. The van der Waals surface area contributed by atoms with E-state index in [2.05, 4.69) is 37.5 Å². The van der Waals surface area contributed by atoms with Crippen LogP contribution in [0.4, 0.5) is 9.59 Å². The summed E-state index contributed by atoms with van der Waals surface area (Å²) in [5, 5.41) is 56.2. The van der Waals surface area contributed by atoms with Crippen LogP contribution in [0.15, 0.2) is 0 Å². The van der Waals surface area contributed by atoms with Gasteiger partial charge < -0.3 is 20.4 Å². The van der Waals surface area contributed by atoms with Gasteiger partial charge in [-0.1, -0.05) is 66.2 Å². The minimum absolute atomic E-state index is 0.497. The van der Waals surface area contributed by atoms with Gasteiger partial charge >= 0.3 is 12.3 Å². The van der Waals surface area contributed by atoms with Gasteiger partial charge in [0.05, 0.1) is 13.2 Å². The van der Waals surface area contributed by atoms with Crippen molar-refractivity contribution in [3.8, 4) is 0 Å². The van der Waals surface area contributed by atoms with Crippen molar-refractivity contribution >= 4 is 12.3 Å². The molecule has 186 valence electrons. The third-order valence-corrected chi connectivity index (χ3v) is 3.71. The van der Waals surface area contributed by atoms with E-state index in [1.54, 1.807) is 0 Å². The molecule has 0 bridgehead atoms. The fourth-order valence-corrected chi connectivity index (χ4v) is 2.01. The Bertz CT molecular complexity index is 278. The first kappa shape index (κ1) is 38.9. The van der Waals surface area contributed by atoms with Crippen molar-refractivity contribution in [1.82, 2.24) is 0 Å². The molecule has 0 aromatic carbocycles. The lowest BCUT2D eigenvalue weighted by Gasteiger charge is -2.10. The van der Waals surface area contributed by atoms with Crippen LogP contribution in [0.3, 0.4) is 0 Å². The van der Waals surface area contributed by atoms with Crippen molar-refractivity contribution in [2.45, 2.75) is 79.1 Å². The lowest BCUT2D eigenvalue weighted by Crippen LogP contribution is -2.06. The van der Waals surface area contributed by atoms with E-state index in [1.165, 1.54) is 38.5 Å². The molecule has 0 aliphatic heterocycles. The molecule has 0 saturated carbocycles. The second kappa shape index (κ2) is 38.0. The minimum atomic E-state index is -1.83. The van der Waals surface area contributed by atoms with Crippen molar-refractivity contribution in [3.63, 3.8) is 0 Å². The van der Waals surface area contributed by atoms with Crippen LogP contribution in [-0.2, 0) is 9.78 Å². The fourth-order valence-electron chi connectivity index (χ4n) is 2.01. The van der Waals surface area contributed by atoms with Crippen LogP contribution in [0.25, 0.3) is 0 Å². The normalized spacial score (nSPS) is 10.8. The van der Waals surface area contributed by atoms with Crippen molar-refractivity contribution in [2.24, 2.45) is 11.8 Å². The van der Waals surface area contributed by atoms with Crippen LogP contribution < -0.4 is 0 Å². The monoisotopic (exact) mass is 450 g/mol. The van der Waals surface area contributed by atoms with Crippen LogP contribution >= 0.6 is 0 Å². The maximum atomic E-state index is 8.56. The summed E-state index contributed by atoms with van der Waals surface area (Å²) in [5.74, 6) is 1.09. The molecule has 12 nitrogen and oxygen atoms in total. The van der Waals surface area contributed by atoms with Gasteiger partial charge in [-0.3, -0.25) is 21.0 Å². The zero-order valence-electron chi connectivity index (χ0n) is 18.4. The molecule has 0 aliphatic rings. The van der Waals surface area contributed by atoms with E-state index in [0.717, 1.165) is 12.8 Å². The molecule has 0 rings (SSSR count). The minimum Gasteiger partial charge on any atom is -0.450 e. The molecule has 30 heavy (non-hydrogen) atoms. The van der Waals surface area contributed by atoms with Crippen molar-refractivity contribution < 1.29 is 60.8 Å². The molecule has 0 aromatic rings. The lowest BCUT2D eigenvalue weighted by atomic mass is 10.0. The highest BCUT2D eigenvalue weighted by Crippen LogP contribution is 2.12. The molecule has 0 saturated heterocycles. The first-order chi connectivity index (χ1) is 14.2. The standard InChI is InChI=1S/2C8H18O2.2CH2O3.H2O2/c2*1-3-5-6-8(4-2)7-10-9;2*2-1(3)4;1-2/h2*8-9H,3-7H2,1-2H3;2*(H2,2,3,4);1-2H. The maximum absolute atomic E-state index is 8.56. The quantitative estimate of drug-likeness (QED) is 0.130. The number of hydrogen-bond acceptors (Lipinski definition) is 8. The molecule has 12 heteroatoms. The number of carbonyl (C=O) groups is 2. The second-order valence-corrected chi connectivity index (χ2v) is 5.99. The van der Waals surface area contributed by atoms with E-state index in [4.69, 9.17) is 51.0 Å². The summed E-state index contributed by atoms with van der Waals surface area (Å²) in [6.07, 6.45) is 5.80. The summed E-state index contributed by atoms with van der Waals surface area (Å²) < 4.78 is 0. The first-order valence-corrected chi connectivity index (χ1v) is 9.72. The summed E-state index contributed by atoms with van der Waals surface area (Å²) in [5.41, 5.74) is 0. The number of rotatable bonds is 12. The zero-order valence-corrected chi connectivity index (χ0v) is 18.4. The largest absolute Gasteiger partial charge is 0.503 e. The van der Waals surface area contributed by atoms with Crippen LogP contribution in [0, 0.1) is 11.8 Å². The molecule has 0 aromatic heterocycles. The Kier molecular flexibility index (Phi) is 49.2. The molecule has 0 aliphatic carbocycles. The molecule has 2 unspecified atom stereocenters. The smallest absolute Gasteiger partial charge is 0.450 e. The third kappa shape index (κ3) is 63.4. The Labute approximate surface area is 178 Å². The van der Waals surface area contributed by atoms with Crippen molar-refractivity contribution in [1.29, 1.82) is 0 Å². The van der Waals surface area contributed by atoms with E-state index in [1.807, 2.05) is 0 Å². The Balaban J connectivity index is -0.0000000972. The van der Waals surface area contributed by atoms with Crippen LogP contribution in [0.1, 0.15) is 79.1 Å². The Morgan fingerprint density at radius 3 is 1.03 bits per heavy atom. The summed E-state index contributed by atoms with van der Waals surface area (Å²) in [7, 11) is 0. The zero-order chi connectivity index (χ0) is 24.8. The van der Waals surface area contributed by atoms with Gasteiger partial charge in [0.2, 0.25) is 0 Å². The number of hydrogen-bond donors (Lipinski definition) is 8. The molecule has 0 heterocycles. The van der Waals surface area contributed by atoms with Gasteiger partial charge in [-0.05, 0) is 24.7 Å². The number of unbranched alkanes of at least 4 members (excludes halogenated alkanes) is 2. The maximum Gasteiger partial charge on any atom is 0.503 e. The average molecular weight is 451 g/mol. The van der Waals surface area contributed by atoms with Gasteiger partial charge in [-0.15, -0.1) is 0 Å². The molecule has 8 N–H and O–H groups in total. The van der Waals surface area contributed by atoms with E-state index in [-0.39, 0.29) is 0 Å². The van der Waals surface area contributed by atoms with E-state index < -0.39 is 12.3 Å².